The minimum atomic E-state index is 0.527. The Hall–Kier alpha value is -0.860. The number of rotatable bonds is 7. The molecule has 1 N–H and O–H groups in total. The van der Waals surface area contributed by atoms with Gasteiger partial charge in [-0.1, -0.05) is 50.8 Å². The Morgan fingerprint density at radius 3 is 2.72 bits per heavy atom. The molecule has 0 bridgehead atoms. The molecule has 0 aliphatic heterocycles. The predicted octanol–water partition coefficient (Wildman–Crippen LogP) is 5.13. The number of benzene rings is 1. The molecule has 2 heteroatoms. The number of thiophene rings is 1. The highest BCUT2D eigenvalue weighted by Crippen LogP contribution is 2.31. The highest BCUT2D eigenvalue weighted by Gasteiger charge is 2.11. The van der Waals surface area contributed by atoms with Crippen molar-refractivity contribution in [3.8, 4) is 0 Å². The first-order valence-electron chi connectivity index (χ1n) is 7.01. The fourth-order valence-electron chi connectivity index (χ4n) is 2.38. The Labute approximate surface area is 114 Å². The number of hydrogen-bond acceptors (Lipinski definition) is 2. The van der Waals surface area contributed by atoms with Crippen LogP contribution in [0.4, 0.5) is 0 Å². The maximum absolute atomic E-state index is 3.47. The van der Waals surface area contributed by atoms with Gasteiger partial charge in [-0.3, -0.25) is 0 Å². The normalized spacial score (nSPS) is 13.0. The Morgan fingerprint density at radius 1 is 1.17 bits per heavy atom. The van der Waals surface area contributed by atoms with Gasteiger partial charge in [-0.05, 0) is 31.0 Å². The lowest BCUT2D eigenvalue weighted by Gasteiger charge is -2.13. The van der Waals surface area contributed by atoms with Crippen LogP contribution < -0.4 is 5.32 Å². The third kappa shape index (κ3) is 3.33. The minimum Gasteiger partial charge on any atom is -0.312 e. The summed E-state index contributed by atoms with van der Waals surface area (Å²) in [5.74, 6) is 0. The van der Waals surface area contributed by atoms with E-state index in [2.05, 4.69) is 49.6 Å². The van der Waals surface area contributed by atoms with Gasteiger partial charge >= 0.3 is 0 Å². The molecule has 98 valence electrons. The van der Waals surface area contributed by atoms with Crippen molar-refractivity contribution in [2.75, 3.05) is 7.05 Å². The van der Waals surface area contributed by atoms with E-state index in [4.69, 9.17) is 0 Å². The van der Waals surface area contributed by atoms with Gasteiger partial charge in [-0.25, -0.2) is 0 Å². The number of unbranched alkanes of at least 4 members (excludes halogenated alkanes) is 3. The SMILES string of the molecule is CCCCCCC(NC)c1cc2ccccc2s1. The Morgan fingerprint density at radius 2 is 2.00 bits per heavy atom. The van der Waals surface area contributed by atoms with Crippen LogP contribution in [0.1, 0.15) is 49.9 Å². The van der Waals surface area contributed by atoms with Gasteiger partial charge in [0.1, 0.15) is 0 Å². The molecular formula is C16H23NS. The van der Waals surface area contributed by atoms with Gasteiger partial charge in [-0.15, -0.1) is 11.3 Å². The predicted molar refractivity (Wildman–Crippen MR) is 82.4 cm³/mol. The molecule has 1 heterocycles. The zero-order valence-electron chi connectivity index (χ0n) is 11.4. The van der Waals surface area contributed by atoms with E-state index >= 15 is 0 Å². The van der Waals surface area contributed by atoms with Crippen molar-refractivity contribution in [1.29, 1.82) is 0 Å². The Bertz CT molecular complexity index is 442. The van der Waals surface area contributed by atoms with Crippen LogP contribution in [-0.2, 0) is 0 Å². The fourth-order valence-corrected chi connectivity index (χ4v) is 3.59. The Balaban J connectivity index is 2.02. The zero-order valence-corrected chi connectivity index (χ0v) is 12.2. The molecule has 18 heavy (non-hydrogen) atoms. The van der Waals surface area contributed by atoms with Gasteiger partial charge in [0.15, 0.2) is 0 Å². The summed E-state index contributed by atoms with van der Waals surface area (Å²) in [6.07, 6.45) is 6.62. The van der Waals surface area contributed by atoms with E-state index in [0.717, 1.165) is 0 Å². The molecule has 1 aromatic carbocycles. The second-order valence-electron chi connectivity index (χ2n) is 4.88. The number of nitrogens with one attached hydrogen (secondary N) is 1. The van der Waals surface area contributed by atoms with E-state index in [9.17, 15) is 0 Å². The first-order chi connectivity index (χ1) is 8.85. The first-order valence-corrected chi connectivity index (χ1v) is 7.82. The zero-order chi connectivity index (χ0) is 12.8. The molecule has 0 fully saturated rings. The van der Waals surface area contributed by atoms with E-state index in [-0.39, 0.29) is 0 Å². The van der Waals surface area contributed by atoms with Crippen molar-refractivity contribution >= 4 is 21.4 Å². The maximum atomic E-state index is 3.47. The van der Waals surface area contributed by atoms with E-state index in [1.165, 1.54) is 47.1 Å². The summed E-state index contributed by atoms with van der Waals surface area (Å²) in [5, 5.41) is 4.85. The molecular weight excluding hydrogens is 238 g/mol. The third-order valence-electron chi connectivity index (χ3n) is 3.48. The van der Waals surface area contributed by atoms with Crippen molar-refractivity contribution in [2.45, 2.75) is 45.1 Å². The lowest BCUT2D eigenvalue weighted by molar-refractivity contribution is 0.511. The largest absolute Gasteiger partial charge is 0.312 e. The summed E-state index contributed by atoms with van der Waals surface area (Å²) in [7, 11) is 2.08. The molecule has 0 saturated heterocycles. The molecule has 0 radical (unpaired) electrons. The first kappa shape index (κ1) is 13.6. The van der Waals surface area contributed by atoms with Crippen LogP contribution in [0.25, 0.3) is 10.1 Å². The maximum Gasteiger partial charge on any atom is 0.0412 e. The van der Waals surface area contributed by atoms with Crippen LogP contribution in [-0.4, -0.2) is 7.05 Å². The van der Waals surface area contributed by atoms with Gasteiger partial charge in [0.25, 0.3) is 0 Å². The molecule has 0 saturated carbocycles. The van der Waals surface area contributed by atoms with Gasteiger partial charge in [0.05, 0.1) is 0 Å². The average molecular weight is 261 g/mol. The summed E-state index contributed by atoms with van der Waals surface area (Å²) in [5.41, 5.74) is 0. The van der Waals surface area contributed by atoms with E-state index < -0.39 is 0 Å². The molecule has 0 spiro atoms. The molecule has 1 nitrogen and oxygen atoms in total. The standard InChI is InChI=1S/C16H23NS/c1-3-4-5-6-10-14(17-2)16-12-13-9-7-8-11-15(13)18-16/h7-9,11-12,14,17H,3-6,10H2,1-2H3. The van der Waals surface area contributed by atoms with Crippen LogP contribution in [0, 0.1) is 0 Å². The van der Waals surface area contributed by atoms with Crippen molar-refractivity contribution in [2.24, 2.45) is 0 Å². The number of hydrogen-bond donors (Lipinski definition) is 1. The van der Waals surface area contributed by atoms with Crippen LogP contribution in [0.15, 0.2) is 30.3 Å². The average Bonchev–Trinajstić information content (AvgIpc) is 2.82. The van der Waals surface area contributed by atoms with Crippen LogP contribution >= 0.6 is 11.3 Å². The number of fused-ring (bicyclic) bond motifs is 1. The lowest BCUT2D eigenvalue weighted by atomic mass is 10.1. The van der Waals surface area contributed by atoms with Gasteiger partial charge < -0.3 is 5.32 Å². The summed E-state index contributed by atoms with van der Waals surface area (Å²) < 4.78 is 1.40. The van der Waals surface area contributed by atoms with Crippen molar-refractivity contribution in [3.05, 3.63) is 35.2 Å². The summed E-state index contributed by atoms with van der Waals surface area (Å²) in [6, 6.07) is 11.5. The highest BCUT2D eigenvalue weighted by molar-refractivity contribution is 7.19. The smallest absolute Gasteiger partial charge is 0.0412 e. The molecule has 0 aliphatic carbocycles. The second kappa shape index (κ2) is 6.91. The summed E-state index contributed by atoms with van der Waals surface area (Å²) >= 11 is 1.93. The van der Waals surface area contributed by atoms with Crippen LogP contribution in [0.5, 0.6) is 0 Å². The quantitative estimate of drug-likeness (QED) is 0.681. The van der Waals surface area contributed by atoms with Crippen LogP contribution in [0.2, 0.25) is 0 Å². The molecule has 2 aromatic rings. The topological polar surface area (TPSA) is 12.0 Å². The van der Waals surface area contributed by atoms with Gasteiger partial charge in [-0.2, -0.15) is 0 Å². The second-order valence-corrected chi connectivity index (χ2v) is 5.99. The van der Waals surface area contributed by atoms with Crippen molar-refractivity contribution < 1.29 is 0 Å². The summed E-state index contributed by atoms with van der Waals surface area (Å²) in [6.45, 7) is 2.27. The molecule has 0 amide bonds. The van der Waals surface area contributed by atoms with E-state index in [0.29, 0.717) is 6.04 Å². The molecule has 1 atom stereocenters. The monoisotopic (exact) mass is 261 g/mol. The molecule has 2 rings (SSSR count). The third-order valence-corrected chi connectivity index (χ3v) is 4.71. The minimum absolute atomic E-state index is 0.527. The van der Waals surface area contributed by atoms with Crippen molar-refractivity contribution in [1.82, 2.24) is 5.32 Å². The Kier molecular flexibility index (Phi) is 5.21. The van der Waals surface area contributed by atoms with Crippen LogP contribution in [0.3, 0.4) is 0 Å². The molecule has 0 aliphatic rings. The lowest BCUT2D eigenvalue weighted by Crippen LogP contribution is -2.14. The van der Waals surface area contributed by atoms with Gasteiger partial charge in [0, 0.05) is 15.6 Å². The van der Waals surface area contributed by atoms with E-state index in [1.807, 2.05) is 11.3 Å². The highest BCUT2D eigenvalue weighted by atomic mass is 32.1. The molecule has 1 unspecified atom stereocenters. The van der Waals surface area contributed by atoms with Gasteiger partial charge in [0.2, 0.25) is 0 Å². The summed E-state index contributed by atoms with van der Waals surface area (Å²) in [4.78, 5) is 1.48. The van der Waals surface area contributed by atoms with Crippen molar-refractivity contribution in [3.63, 3.8) is 0 Å². The fraction of sp³-hybridized carbons (Fsp3) is 0.500. The van der Waals surface area contributed by atoms with E-state index in [1.54, 1.807) is 0 Å². The molecule has 1 aromatic heterocycles.